The zero-order valence-corrected chi connectivity index (χ0v) is 16.1. The van der Waals surface area contributed by atoms with Gasteiger partial charge in [-0.05, 0) is 30.5 Å². The van der Waals surface area contributed by atoms with Crippen LogP contribution in [0.1, 0.15) is 18.4 Å². The minimum absolute atomic E-state index is 0.0824. The summed E-state index contributed by atoms with van der Waals surface area (Å²) in [6, 6.07) is 5.81. The Morgan fingerprint density at radius 1 is 1.07 bits per heavy atom. The first-order chi connectivity index (χ1) is 13.0. The van der Waals surface area contributed by atoms with E-state index in [-0.39, 0.29) is 18.2 Å². The fourth-order valence-corrected chi connectivity index (χ4v) is 4.38. The van der Waals surface area contributed by atoms with Crippen LogP contribution in [-0.4, -0.2) is 70.4 Å². The number of fused-ring (bicyclic) bond motifs is 1. The highest BCUT2D eigenvalue weighted by molar-refractivity contribution is 7.89. The van der Waals surface area contributed by atoms with Crippen LogP contribution in [0.15, 0.2) is 18.2 Å². The van der Waals surface area contributed by atoms with Gasteiger partial charge in [0.05, 0.1) is 19.0 Å². The lowest BCUT2D eigenvalue weighted by Gasteiger charge is -2.26. The topological polar surface area (TPSA) is 94.2 Å². The molecule has 0 radical (unpaired) electrons. The summed E-state index contributed by atoms with van der Waals surface area (Å²) < 4.78 is 42.0. The smallest absolute Gasteiger partial charge is 0.220 e. The first kappa shape index (κ1) is 19.9. The monoisotopic (exact) mass is 398 g/mol. The van der Waals surface area contributed by atoms with E-state index in [1.165, 1.54) is 4.31 Å². The van der Waals surface area contributed by atoms with Gasteiger partial charge in [0.15, 0.2) is 11.5 Å². The molecule has 0 unspecified atom stereocenters. The van der Waals surface area contributed by atoms with Crippen LogP contribution in [0.3, 0.4) is 0 Å². The molecule has 1 aromatic rings. The molecule has 1 N–H and O–H groups in total. The van der Waals surface area contributed by atoms with E-state index >= 15 is 0 Å². The number of carbonyl (C=O) groups is 1. The van der Waals surface area contributed by atoms with Crippen LogP contribution in [0.5, 0.6) is 11.5 Å². The average Bonchev–Trinajstić information content (AvgIpc) is 2.68. The Labute approximate surface area is 159 Å². The molecule has 3 rings (SSSR count). The van der Waals surface area contributed by atoms with E-state index in [0.29, 0.717) is 52.4 Å². The number of hydrogen-bond donors (Lipinski definition) is 1. The fourth-order valence-electron chi connectivity index (χ4n) is 3.06. The molecule has 1 aromatic carbocycles. The number of benzene rings is 1. The molecular weight excluding hydrogens is 372 g/mol. The number of nitrogens with zero attached hydrogens (tertiary/aromatic N) is 1. The van der Waals surface area contributed by atoms with Gasteiger partial charge in [0, 0.05) is 26.1 Å². The van der Waals surface area contributed by atoms with Crippen molar-refractivity contribution < 1.29 is 27.4 Å². The van der Waals surface area contributed by atoms with Gasteiger partial charge < -0.3 is 19.5 Å². The molecule has 2 heterocycles. The van der Waals surface area contributed by atoms with Crippen molar-refractivity contribution >= 4 is 15.9 Å². The summed E-state index contributed by atoms with van der Waals surface area (Å²) in [5.74, 6) is 1.28. The molecule has 0 aromatic heterocycles. The molecule has 9 heteroatoms. The van der Waals surface area contributed by atoms with Gasteiger partial charge >= 0.3 is 0 Å². The Morgan fingerprint density at radius 2 is 1.81 bits per heavy atom. The lowest BCUT2D eigenvalue weighted by Crippen LogP contribution is -2.43. The molecule has 0 bridgehead atoms. The van der Waals surface area contributed by atoms with Gasteiger partial charge in [0.2, 0.25) is 15.9 Å². The minimum atomic E-state index is -3.34. The normalized spacial score (nSPS) is 17.5. The third-order valence-electron chi connectivity index (χ3n) is 4.52. The highest BCUT2D eigenvalue weighted by Gasteiger charge is 2.23. The summed E-state index contributed by atoms with van der Waals surface area (Å²) in [7, 11) is -3.34. The maximum absolute atomic E-state index is 12.2. The Morgan fingerprint density at radius 3 is 2.59 bits per heavy atom. The number of ether oxygens (including phenoxy) is 3. The van der Waals surface area contributed by atoms with Crippen molar-refractivity contribution in [2.75, 3.05) is 51.8 Å². The molecule has 1 saturated heterocycles. The largest absolute Gasteiger partial charge is 0.486 e. The number of sulfonamides is 1. The summed E-state index contributed by atoms with van der Waals surface area (Å²) in [6.45, 7) is 2.84. The lowest BCUT2D eigenvalue weighted by atomic mass is 10.1. The van der Waals surface area contributed by atoms with Crippen molar-refractivity contribution in [2.45, 2.75) is 19.3 Å². The molecule has 0 aliphatic carbocycles. The van der Waals surface area contributed by atoms with Gasteiger partial charge in [-0.25, -0.2) is 8.42 Å². The van der Waals surface area contributed by atoms with Crippen LogP contribution < -0.4 is 14.8 Å². The SMILES string of the molecule is O=C(CCCc1ccc2c(c1)OCCO2)NCCS(=O)(=O)N1CCOCC1. The van der Waals surface area contributed by atoms with Crippen LogP contribution >= 0.6 is 0 Å². The minimum Gasteiger partial charge on any atom is -0.486 e. The van der Waals surface area contributed by atoms with E-state index < -0.39 is 10.0 Å². The lowest BCUT2D eigenvalue weighted by molar-refractivity contribution is -0.121. The van der Waals surface area contributed by atoms with Crippen LogP contribution in [0, 0.1) is 0 Å². The maximum atomic E-state index is 12.2. The Hall–Kier alpha value is -1.84. The third kappa shape index (κ3) is 5.82. The van der Waals surface area contributed by atoms with Crippen molar-refractivity contribution in [3.05, 3.63) is 23.8 Å². The van der Waals surface area contributed by atoms with E-state index in [0.717, 1.165) is 23.5 Å². The molecule has 8 nitrogen and oxygen atoms in total. The van der Waals surface area contributed by atoms with Crippen molar-refractivity contribution in [2.24, 2.45) is 0 Å². The highest BCUT2D eigenvalue weighted by Crippen LogP contribution is 2.31. The number of carbonyl (C=O) groups excluding carboxylic acids is 1. The number of amides is 1. The van der Waals surface area contributed by atoms with Crippen molar-refractivity contribution in [3.63, 3.8) is 0 Å². The van der Waals surface area contributed by atoms with Crippen LogP contribution in [-0.2, 0) is 26.0 Å². The van der Waals surface area contributed by atoms with E-state index in [2.05, 4.69) is 5.32 Å². The average molecular weight is 398 g/mol. The number of rotatable bonds is 8. The summed E-state index contributed by atoms with van der Waals surface area (Å²) in [5.41, 5.74) is 1.09. The van der Waals surface area contributed by atoms with Gasteiger partial charge in [-0.3, -0.25) is 4.79 Å². The number of nitrogens with one attached hydrogen (secondary N) is 1. The van der Waals surface area contributed by atoms with Gasteiger partial charge in [0.25, 0.3) is 0 Å². The summed E-state index contributed by atoms with van der Waals surface area (Å²) in [4.78, 5) is 11.9. The maximum Gasteiger partial charge on any atom is 0.220 e. The fraction of sp³-hybridized carbons (Fsp3) is 0.611. The molecule has 1 amide bonds. The van der Waals surface area contributed by atoms with Gasteiger partial charge in [-0.2, -0.15) is 4.31 Å². The molecule has 0 atom stereocenters. The molecule has 0 saturated carbocycles. The van der Waals surface area contributed by atoms with E-state index in [9.17, 15) is 13.2 Å². The van der Waals surface area contributed by atoms with E-state index in [4.69, 9.17) is 14.2 Å². The summed E-state index contributed by atoms with van der Waals surface area (Å²) in [5, 5.41) is 2.69. The summed E-state index contributed by atoms with van der Waals surface area (Å²) >= 11 is 0. The molecule has 150 valence electrons. The first-order valence-electron chi connectivity index (χ1n) is 9.25. The quantitative estimate of drug-likeness (QED) is 0.688. The first-order valence-corrected chi connectivity index (χ1v) is 10.9. The molecule has 2 aliphatic rings. The predicted octanol–water partition coefficient (Wildman–Crippen LogP) is 0.559. The van der Waals surface area contributed by atoms with E-state index in [1.54, 1.807) is 0 Å². The van der Waals surface area contributed by atoms with Crippen molar-refractivity contribution in [1.29, 1.82) is 0 Å². The molecule has 2 aliphatic heterocycles. The molecular formula is C18H26N2O6S. The third-order valence-corrected chi connectivity index (χ3v) is 6.39. The Bertz CT molecular complexity index is 746. The predicted molar refractivity (Wildman–Crippen MR) is 99.6 cm³/mol. The van der Waals surface area contributed by atoms with Crippen molar-refractivity contribution in [3.8, 4) is 11.5 Å². The Balaban J connectivity index is 1.35. The zero-order valence-electron chi connectivity index (χ0n) is 15.3. The van der Waals surface area contributed by atoms with Crippen LogP contribution in [0.4, 0.5) is 0 Å². The zero-order chi connectivity index (χ0) is 19.1. The molecule has 1 fully saturated rings. The van der Waals surface area contributed by atoms with E-state index in [1.807, 2.05) is 18.2 Å². The number of morpholine rings is 1. The number of aryl methyl sites for hydroxylation is 1. The summed E-state index contributed by atoms with van der Waals surface area (Å²) in [6.07, 6.45) is 1.78. The Kier molecular flexibility index (Phi) is 6.92. The molecule has 0 spiro atoms. The van der Waals surface area contributed by atoms with Crippen molar-refractivity contribution in [1.82, 2.24) is 9.62 Å². The van der Waals surface area contributed by atoms with Gasteiger partial charge in [-0.15, -0.1) is 0 Å². The highest BCUT2D eigenvalue weighted by atomic mass is 32.2. The second-order valence-corrected chi connectivity index (χ2v) is 8.60. The second-order valence-electron chi connectivity index (χ2n) is 6.51. The van der Waals surface area contributed by atoms with Gasteiger partial charge in [0.1, 0.15) is 13.2 Å². The molecule has 27 heavy (non-hydrogen) atoms. The van der Waals surface area contributed by atoms with Gasteiger partial charge in [-0.1, -0.05) is 6.07 Å². The standard InChI is InChI=1S/C18H26N2O6S/c21-18(19-6-13-27(22,23)20-7-9-24-10-8-20)3-1-2-15-4-5-16-17(14-15)26-12-11-25-16/h4-5,14H,1-3,6-13H2,(H,19,21). The second kappa shape index (κ2) is 9.38. The van der Waals surface area contributed by atoms with Crippen LogP contribution in [0.25, 0.3) is 0 Å². The van der Waals surface area contributed by atoms with Crippen LogP contribution in [0.2, 0.25) is 0 Å². The number of hydrogen-bond acceptors (Lipinski definition) is 6.